The van der Waals surface area contributed by atoms with E-state index in [2.05, 4.69) is 26.5 Å². The first-order valence-electron chi connectivity index (χ1n) is 7.30. The van der Waals surface area contributed by atoms with E-state index in [1.54, 1.807) is 6.20 Å². The second-order valence-electron chi connectivity index (χ2n) is 5.38. The molecule has 1 aliphatic rings. The summed E-state index contributed by atoms with van der Waals surface area (Å²) in [5.74, 6) is 1.63. The molecule has 106 valence electrons. The number of benzene rings is 1. The van der Waals surface area contributed by atoms with E-state index in [1.807, 2.05) is 24.3 Å². The number of hydrogen-bond donors (Lipinski definition) is 1. The first kappa shape index (κ1) is 12.5. The maximum absolute atomic E-state index is 5.46. The van der Waals surface area contributed by atoms with Gasteiger partial charge in [0.1, 0.15) is 5.69 Å². The van der Waals surface area contributed by atoms with Gasteiger partial charge in [0.2, 0.25) is 0 Å². The van der Waals surface area contributed by atoms with Crippen LogP contribution in [0.3, 0.4) is 0 Å². The highest BCUT2D eigenvalue weighted by Crippen LogP contribution is 2.27. The molecule has 1 unspecified atom stereocenters. The highest BCUT2D eigenvalue weighted by atomic mass is 16.5. The molecule has 0 spiro atoms. The van der Waals surface area contributed by atoms with Crippen LogP contribution in [0.2, 0.25) is 0 Å². The van der Waals surface area contributed by atoms with Crippen LogP contribution in [0.15, 0.2) is 41.1 Å². The topological polar surface area (TPSA) is 63.8 Å². The van der Waals surface area contributed by atoms with Crippen LogP contribution in [-0.4, -0.2) is 28.2 Å². The first-order valence-corrected chi connectivity index (χ1v) is 7.30. The molecule has 21 heavy (non-hydrogen) atoms. The minimum atomic E-state index is 0.339. The predicted molar refractivity (Wildman–Crippen MR) is 79.9 cm³/mol. The Morgan fingerprint density at radius 1 is 1.19 bits per heavy atom. The molecule has 1 aliphatic heterocycles. The van der Waals surface area contributed by atoms with E-state index in [1.165, 1.54) is 0 Å². The third-order valence-corrected chi connectivity index (χ3v) is 3.98. The van der Waals surface area contributed by atoms with Crippen LogP contribution in [0.1, 0.15) is 24.6 Å². The van der Waals surface area contributed by atoms with Gasteiger partial charge in [-0.2, -0.15) is 4.98 Å². The summed E-state index contributed by atoms with van der Waals surface area (Å²) in [6.45, 7) is 1.99. The van der Waals surface area contributed by atoms with Gasteiger partial charge >= 0.3 is 0 Å². The lowest BCUT2D eigenvalue weighted by molar-refractivity contribution is 0.393. The Hall–Kier alpha value is -2.27. The van der Waals surface area contributed by atoms with Gasteiger partial charge in [0, 0.05) is 24.0 Å². The molecule has 1 atom stereocenters. The van der Waals surface area contributed by atoms with Gasteiger partial charge in [0.15, 0.2) is 5.82 Å². The van der Waals surface area contributed by atoms with Crippen molar-refractivity contribution in [2.75, 3.05) is 13.1 Å². The largest absolute Gasteiger partial charge is 0.332 e. The van der Waals surface area contributed by atoms with Gasteiger partial charge < -0.3 is 9.84 Å². The van der Waals surface area contributed by atoms with Gasteiger partial charge in [-0.05, 0) is 30.8 Å². The number of rotatable bonds is 2. The summed E-state index contributed by atoms with van der Waals surface area (Å²) in [6, 6.07) is 10.1. The maximum Gasteiger partial charge on any atom is 0.277 e. The van der Waals surface area contributed by atoms with E-state index >= 15 is 0 Å². The Labute approximate surface area is 122 Å². The highest BCUT2D eigenvalue weighted by Gasteiger charge is 2.22. The quantitative estimate of drug-likeness (QED) is 0.782. The van der Waals surface area contributed by atoms with Crippen LogP contribution in [0.4, 0.5) is 0 Å². The van der Waals surface area contributed by atoms with E-state index in [0.29, 0.717) is 11.8 Å². The molecule has 1 aromatic carbocycles. The average molecular weight is 280 g/mol. The minimum Gasteiger partial charge on any atom is -0.332 e. The van der Waals surface area contributed by atoms with Crippen LogP contribution in [0, 0.1) is 0 Å². The van der Waals surface area contributed by atoms with Crippen LogP contribution in [0.25, 0.3) is 22.4 Å². The molecule has 1 fully saturated rings. The maximum atomic E-state index is 5.46. The molecule has 3 heterocycles. The minimum absolute atomic E-state index is 0.339. The van der Waals surface area contributed by atoms with E-state index in [9.17, 15) is 0 Å². The lowest BCUT2D eigenvalue weighted by atomic mass is 9.99. The Balaban J connectivity index is 1.74. The van der Waals surface area contributed by atoms with Crippen LogP contribution in [0.5, 0.6) is 0 Å². The average Bonchev–Trinajstić information content (AvgIpc) is 3.05. The van der Waals surface area contributed by atoms with Crippen molar-refractivity contribution in [3.8, 4) is 11.6 Å². The van der Waals surface area contributed by atoms with Crippen molar-refractivity contribution < 1.29 is 4.52 Å². The van der Waals surface area contributed by atoms with E-state index in [0.717, 1.165) is 48.2 Å². The molecule has 5 heteroatoms. The van der Waals surface area contributed by atoms with Crippen molar-refractivity contribution in [3.63, 3.8) is 0 Å². The lowest BCUT2D eigenvalue weighted by Crippen LogP contribution is -2.28. The number of pyridine rings is 1. The second kappa shape index (κ2) is 5.26. The smallest absolute Gasteiger partial charge is 0.277 e. The summed E-state index contributed by atoms with van der Waals surface area (Å²) >= 11 is 0. The zero-order valence-corrected chi connectivity index (χ0v) is 11.6. The molecular weight excluding hydrogens is 264 g/mol. The standard InChI is InChI=1S/C16H16N4O/c1-2-6-13-11(4-1)7-9-18-14(13)16-19-15(20-21-16)12-5-3-8-17-10-12/h1-2,4,6-7,9,12,17H,3,5,8,10H2. The van der Waals surface area contributed by atoms with Gasteiger partial charge in [0.05, 0.1) is 0 Å². The van der Waals surface area contributed by atoms with E-state index < -0.39 is 0 Å². The fraction of sp³-hybridized carbons (Fsp3) is 0.312. The Morgan fingerprint density at radius 3 is 3.05 bits per heavy atom. The van der Waals surface area contributed by atoms with Crippen molar-refractivity contribution in [2.24, 2.45) is 0 Å². The summed E-state index contributed by atoms with van der Waals surface area (Å²) in [7, 11) is 0. The lowest BCUT2D eigenvalue weighted by Gasteiger charge is -2.19. The molecule has 0 radical (unpaired) electrons. The molecule has 2 aromatic heterocycles. The third kappa shape index (κ3) is 2.29. The molecular formula is C16H16N4O. The monoisotopic (exact) mass is 280 g/mol. The normalized spacial score (nSPS) is 19.0. The van der Waals surface area contributed by atoms with Crippen molar-refractivity contribution in [2.45, 2.75) is 18.8 Å². The summed E-state index contributed by atoms with van der Waals surface area (Å²) < 4.78 is 5.46. The zero-order valence-electron chi connectivity index (χ0n) is 11.6. The fourth-order valence-electron chi connectivity index (χ4n) is 2.86. The predicted octanol–water partition coefficient (Wildman–Crippen LogP) is 2.75. The van der Waals surface area contributed by atoms with Crippen molar-refractivity contribution >= 4 is 10.8 Å². The molecule has 0 saturated carbocycles. The summed E-state index contributed by atoms with van der Waals surface area (Å²) in [4.78, 5) is 9.00. The van der Waals surface area contributed by atoms with Gasteiger partial charge in [-0.3, -0.25) is 4.98 Å². The number of piperidine rings is 1. The Bertz CT molecular complexity index is 756. The number of nitrogens with one attached hydrogen (secondary N) is 1. The summed E-state index contributed by atoms with van der Waals surface area (Å²) in [6.07, 6.45) is 4.04. The zero-order chi connectivity index (χ0) is 14.1. The molecule has 0 bridgehead atoms. The SMILES string of the molecule is c1ccc2c(-c3nc(C4CCCNC4)no3)nccc2c1. The molecule has 3 aromatic rings. The highest BCUT2D eigenvalue weighted by molar-refractivity contribution is 5.92. The summed E-state index contributed by atoms with van der Waals surface area (Å²) in [5.41, 5.74) is 0.760. The molecule has 1 saturated heterocycles. The van der Waals surface area contributed by atoms with Gasteiger partial charge in [-0.15, -0.1) is 0 Å². The van der Waals surface area contributed by atoms with Gasteiger partial charge in [0.25, 0.3) is 5.89 Å². The third-order valence-electron chi connectivity index (χ3n) is 3.98. The van der Waals surface area contributed by atoms with Crippen molar-refractivity contribution in [1.82, 2.24) is 20.4 Å². The van der Waals surface area contributed by atoms with Crippen LogP contribution < -0.4 is 5.32 Å². The van der Waals surface area contributed by atoms with Gasteiger partial charge in [-0.25, -0.2) is 0 Å². The second-order valence-corrected chi connectivity index (χ2v) is 5.38. The van der Waals surface area contributed by atoms with Crippen LogP contribution in [-0.2, 0) is 0 Å². The van der Waals surface area contributed by atoms with Crippen LogP contribution >= 0.6 is 0 Å². The number of aromatic nitrogens is 3. The fourth-order valence-corrected chi connectivity index (χ4v) is 2.86. The Kier molecular flexibility index (Phi) is 3.12. The number of hydrogen-bond acceptors (Lipinski definition) is 5. The summed E-state index contributed by atoms with van der Waals surface area (Å²) in [5, 5.41) is 9.70. The van der Waals surface area contributed by atoms with Crippen molar-refractivity contribution in [3.05, 3.63) is 42.4 Å². The molecule has 0 aliphatic carbocycles. The molecule has 1 N–H and O–H groups in total. The Morgan fingerprint density at radius 2 is 2.14 bits per heavy atom. The molecule has 5 nitrogen and oxygen atoms in total. The van der Waals surface area contributed by atoms with Gasteiger partial charge in [-0.1, -0.05) is 29.4 Å². The molecule has 0 amide bonds. The first-order chi connectivity index (χ1) is 10.4. The van der Waals surface area contributed by atoms with E-state index in [4.69, 9.17) is 4.52 Å². The van der Waals surface area contributed by atoms with E-state index in [-0.39, 0.29) is 0 Å². The molecule has 4 rings (SSSR count). The number of nitrogens with zero attached hydrogens (tertiary/aromatic N) is 3. The van der Waals surface area contributed by atoms with Crippen molar-refractivity contribution in [1.29, 1.82) is 0 Å². The number of fused-ring (bicyclic) bond motifs is 1.